The molecule has 1 N–H and O–H groups in total. The maximum atomic E-state index is 12.8. The van der Waals surface area contributed by atoms with Crippen molar-refractivity contribution in [3.8, 4) is 0 Å². The monoisotopic (exact) mass is 407 g/mol. The number of amides is 2. The molecule has 2 atom stereocenters. The van der Waals surface area contributed by atoms with Crippen LogP contribution in [0.3, 0.4) is 0 Å². The molecule has 0 aliphatic carbocycles. The molecule has 7 nitrogen and oxygen atoms in total. The molecule has 0 bridgehead atoms. The Labute approximate surface area is 167 Å². The zero-order chi connectivity index (χ0) is 20.5. The molecule has 0 aromatic heterocycles. The van der Waals surface area contributed by atoms with Gasteiger partial charge in [-0.2, -0.15) is 4.31 Å². The molecule has 0 radical (unpaired) electrons. The van der Waals surface area contributed by atoms with Crippen LogP contribution in [0.25, 0.3) is 0 Å². The van der Waals surface area contributed by atoms with Gasteiger partial charge in [0, 0.05) is 37.8 Å². The number of sulfonamides is 1. The highest BCUT2D eigenvalue weighted by Gasteiger charge is 2.35. The predicted molar refractivity (Wildman–Crippen MR) is 107 cm³/mol. The topological polar surface area (TPSA) is 86.8 Å². The van der Waals surface area contributed by atoms with Crippen LogP contribution in [-0.4, -0.2) is 55.1 Å². The van der Waals surface area contributed by atoms with E-state index in [4.69, 9.17) is 0 Å². The Morgan fingerprint density at radius 1 is 1.18 bits per heavy atom. The van der Waals surface area contributed by atoms with E-state index in [1.807, 2.05) is 13.8 Å². The second-order valence-corrected chi connectivity index (χ2v) is 10.1. The maximum Gasteiger partial charge on any atom is 0.243 e. The second-order valence-electron chi connectivity index (χ2n) is 8.16. The van der Waals surface area contributed by atoms with Crippen molar-refractivity contribution in [3.05, 3.63) is 24.3 Å². The van der Waals surface area contributed by atoms with Crippen molar-refractivity contribution >= 4 is 27.5 Å². The fourth-order valence-electron chi connectivity index (χ4n) is 3.87. The Morgan fingerprint density at radius 3 is 2.43 bits per heavy atom. The van der Waals surface area contributed by atoms with Crippen LogP contribution in [0.2, 0.25) is 0 Å². The van der Waals surface area contributed by atoms with E-state index in [0.29, 0.717) is 31.2 Å². The lowest BCUT2D eigenvalue weighted by Crippen LogP contribution is -2.39. The Balaban J connectivity index is 1.64. The van der Waals surface area contributed by atoms with Crippen LogP contribution < -0.4 is 5.32 Å². The van der Waals surface area contributed by atoms with Gasteiger partial charge in [-0.3, -0.25) is 9.59 Å². The number of hydrogen-bond acceptors (Lipinski definition) is 4. The number of carbonyl (C=O) groups is 2. The molecule has 0 spiro atoms. The van der Waals surface area contributed by atoms with Crippen molar-refractivity contribution in [1.29, 1.82) is 0 Å². The number of rotatable bonds is 5. The van der Waals surface area contributed by atoms with Gasteiger partial charge in [0.2, 0.25) is 21.8 Å². The molecule has 2 amide bonds. The summed E-state index contributed by atoms with van der Waals surface area (Å²) in [5, 5.41) is 2.80. The van der Waals surface area contributed by atoms with Gasteiger partial charge in [-0.1, -0.05) is 6.92 Å². The summed E-state index contributed by atoms with van der Waals surface area (Å²) >= 11 is 0. The molecule has 2 aliphatic rings. The summed E-state index contributed by atoms with van der Waals surface area (Å²) in [4.78, 5) is 26.4. The van der Waals surface area contributed by atoms with Crippen molar-refractivity contribution in [2.24, 2.45) is 11.8 Å². The minimum atomic E-state index is -3.51. The first kappa shape index (κ1) is 20.8. The number of nitrogens with zero attached hydrogens (tertiary/aromatic N) is 2. The normalized spacial score (nSPS) is 24.0. The Morgan fingerprint density at radius 2 is 1.86 bits per heavy atom. The number of nitrogens with one attached hydrogen (secondary N) is 1. The molecular weight excluding hydrogens is 378 g/mol. The van der Waals surface area contributed by atoms with E-state index in [2.05, 4.69) is 12.2 Å². The van der Waals surface area contributed by atoms with Gasteiger partial charge in [0.15, 0.2) is 0 Å². The van der Waals surface area contributed by atoms with E-state index >= 15 is 0 Å². The molecule has 3 rings (SSSR count). The quantitative estimate of drug-likeness (QED) is 0.811. The van der Waals surface area contributed by atoms with Crippen LogP contribution in [0.4, 0.5) is 5.69 Å². The first-order valence-electron chi connectivity index (χ1n) is 9.89. The van der Waals surface area contributed by atoms with Gasteiger partial charge >= 0.3 is 0 Å². The van der Waals surface area contributed by atoms with E-state index in [-0.39, 0.29) is 35.1 Å². The standard InChI is InChI=1S/C20H29N3O4S/c1-14(2)23-13-16(11-19(23)24)20(25)21-17-6-8-18(9-7-17)28(26,27)22-10-4-5-15(3)12-22/h6-9,14-16H,4-5,10-13H2,1-3H3,(H,21,25)/t15-,16-/m1/s1. The molecule has 1 aromatic carbocycles. The Bertz CT molecular complexity index is 836. The highest BCUT2D eigenvalue weighted by molar-refractivity contribution is 7.89. The largest absolute Gasteiger partial charge is 0.339 e. The van der Waals surface area contributed by atoms with Crippen molar-refractivity contribution < 1.29 is 18.0 Å². The summed E-state index contributed by atoms with van der Waals surface area (Å²) in [5.74, 6) is -0.237. The molecule has 1 aromatic rings. The molecule has 0 unspecified atom stereocenters. The summed E-state index contributed by atoms with van der Waals surface area (Å²) in [5.41, 5.74) is 0.534. The minimum Gasteiger partial charge on any atom is -0.339 e. The van der Waals surface area contributed by atoms with Crippen LogP contribution in [0.15, 0.2) is 29.2 Å². The lowest BCUT2D eigenvalue weighted by molar-refractivity contribution is -0.129. The summed E-state index contributed by atoms with van der Waals surface area (Å²) < 4.78 is 27.2. The third-order valence-corrected chi connectivity index (χ3v) is 7.41. The summed E-state index contributed by atoms with van der Waals surface area (Å²) in [7, 11) is -3.51. The average Bonchev–Trinajstić information content (AvgIpc) is 3.04. The van der Waals surface area contributed by atoms with E-state index in [1.54, 1.807) is 21.3 Å². The van der Waals surface area contributed by atoms with E-state index < -0.39 is 10.0 Å². The summed E-state index contributed by atoms with van der Waals surface area (Å²) in [6.07, 6.45) is 2.14. The molecule has 28 heavy (non-hydrogen) atoms. The minimum absolute atomic E-state index is 0.00708. The van der Waals surface area contributed by atoms with Gasteiger partial charge in [0.05, 0.1) is 10.8 Å². The molecular formula is C20H29N3O4S. The number of piperidine rings is 1. The molecule has 2 fully saturated rings. The number of anilines is 1. The SMILES string of the molecule is CC(C)N1C[C@H](C(=O)Nc2ccc(S(=O)(=O)N3CCC[C@@H](C)C3)cc2)CC1=O. The number of hydrogen-bond donors (Lipinski definition) is 1. The second kappa shape index (κ2) is 8.21. The zero-order valence-corrected chi connectivity index (χ0v) is 17.5. The fraction of sp³-hybridized carbons (Fsp3) is 0.600. The highest BCUT2D eigenvalue weighted by atomic mass is 32.2. The predicted octanol–water partition coefficient (Wildman–Crippen LogP) is 2.30. The summed E-state index contributed by atoms with van der Waals surface area (Å²) in [6.45, 7) is 7.44. The number of benzene rings is 1. The van der Waals surface area contributed by atoms with Crippen LogP contribution in [0.1, 0.15) is 40.0 Å². The maximum absolute atomic E-state index is 12.8. The van der Waals surface area contributed by atoms with Crippen molar-refractivity contribution in [2.75, 3.05) is 25.0 Å². The van der Waals surface area contributed by atoms with Crippen molar-refractivity contribution in [3.63, 3.8) is 0 Å². The van der Waals surface area contributed by atoms with Crippen molar-refractivity contribution in [2.45, 2.75) is 51.0 Å². The third-order valence-electron chi connectivity index (χ3n) is 5.53. The summed E-state index contributed by atoms with van der Waals surface area (Å²) in [6, 6.07) is 6.35. The van der Waals surface area contributed by atoms with Gasteiger partial charge in [-0.05, 0) is 56.9 Å². The lowest BCUT2D eigenvalue weighted by atomic mass is 10.0. The van der Waals surface area contributed by atoms with Gasteiger partial charge in [0.25, 0.3) is 0 Å². The molecule has 0 saturated carbocycles. The van der Waals surface area contributed by atoms with Crippen LogP contribution in [-0.2, 0) is 19.6 Å². The van der Waals surface area contributed by atoms with Gasteiger partial charge in [-0.15, -0.1) is 0 Å². The molecule has 2 saturated heterocycles. The Hall–Kier alpha value is -1.93. The van der Waals surface area contributed by atoms with Crippen LogP contribution in [0, 0.1) is 11.8 Å². The van der Waals surface area contributed by atoms with Crippen LogP contribution in [0.5, 0.6) is 0 Å². The lowest BCUT2D eigenvalue weighted by Gasteiger charge is -2.30. The number of likely N-dealkylation sites (tertiary alicyclic amines) is 1. The highest BCUT2D eigenvalue weighted by Crippen LogP contribution is 2.25. The van der Waals surface area contributed by atoms with E-state index in [1.165, 1.54) is 12.1 Å². The van der Waals surface area contributed by atoms with E-state index in [0.717, 1.165) is 12.8 Å². The first-order chi connectivity index (χ1) is 13.2. The number of carbonyl (C=O) groups excluding carboxylic acids is 2. The fourth-order valence-corrected chi connectivity index (χ4v) is 5.47. The molecule has 2 aliphatic heterocycles. The first-order valence-corrected chi connectivity index (χ1v) is 11.3. The molecule has 2 heterocycles. The third kappa shape index (κ3) is 4.38. The average molecular weight is 408 g/mol. The Kier molecular flexibility index (Phi) is 6.09. The van der Waals surface area contributed by atoms with Gasteiger partial charge in [-0.25, -0.2) is 8.42 Å². The molecule has 154 valence electrons. The van der Waals surface area contributed by atoms with Crippen molar-refractivity contribution in [1.82, 2.24) is 9.21 Å². The zero-order valence-electron chi connectivity index (χ0n) is 16.7. The van der Waals surface area contributed by atoms with Crippen LogP contribution >= 0.6 is 0 Å². The smallest absolute Gasteiger partial charge is 0.243 e. The van der Waals surface area contributed by atoms with Gasteiger partial charge in [0.1, 0.15) is 0 Å². The molecule has 8 heteroatoms. The van der Waals surface area contributed by atoms with E-state index in [9.17, 15) is 18.0 Å². The van der Waals surface area contributed by atoms with Gasteiger partial charge < -0.3 is 10.2 Å².